The minimum Gasteiger partial charge on any atom is -0.453 e. The molecular formula is C18H20N6O2. The van der Waals surface area contributed by atoms with Crippen LogP contribution < -0.4 is 4.74 Å². The predicted molar refractivity (Wildman–Crippen MR) is 94.2 cm³/mol. The van der Waals surface area contributed by atoms with Crippen molar-refractivity contribution in [1.29, 1.82) is 5.26 Å². The molecule has 0 radical (unpaired) electrons. The predicted octanol–water partition coefficient (Wildman–Crippen LogP) is 2.24. The van der Waals surface area contributed by atoms with E-state index in [0.717, 1.165) is 17.8 Å². The fourth-order valence-corrected chi connectivity index (χ4v) is 2.81. The third kappa shape index (κ3) is 3.43. The summed E-state index contributed by atoms with van der Waals surface area (Å²) in [5.41, 5.74) is 2.89. The number of rotatable bonds is 7. The molecule has 8 heteroatoms. The maximum absolute atomic E-state index is 9.33. The number of hydrogen-bond donors (Lipinski definition) is 1. The quantitative estimate of drug-likeness (QED) is 0.700. The van der Waals surface area contributed by atoms with Gasteiger partial charge in [-0.05, 0) is 25.0 Å². The highest BCUT2D eigenvalue weighted by molar-refractivity contribution is 5.49. The van der Waals surface area contributed by atoms with E-state index in [1.165, 1.54) is 6.33 Å². The van der Waals surface area contributed by atoms with Gasteiger partial charge in [-0.2, -0.15) is 15.5 Å². The number of benzene rings is 1. The normalized spacial score (nSPS) is 10.7. The topological polar surface area (TPSA) is 102 Å². The van der Waals surface area contributed by atoms with Crippen LogP contribution in [0.1, 0.15) is 30.8 Å². The molecule has 0 aliphatic carbocycles. The summed E-state index contributed by atoms with van der Waals surface area (Å²) in [4.78, 5) is 3.94. The number of aliphatic hydroxyl groups excluding tert-OH is 1. The third-order valence-electron chi connectivity index (χ3n) is 3.98. The fourth-order valence-electron chi connectivity index (χ4n) is 2.81. The molecular weight excluding hydrogens is 332 g/mol. The van der Waals surface area contributed by atoms with Crippen LogP contribution in [0, 0.1) is 11.3 Å². The van der Waals surface area contributed by atoms with E-state index in [0.29, 0.717) is 35.7 Å². The highest BCUT2D eigenvalue weighted by Crippen LogP contribution is 2.32. The number of nitrogens with zero attached hydrogens (tertiary/aromatic N) is 6. The van der Waals surface area contributed by atoms with Gasteiger partial charge in [0.05, 0.1) is 36.2 Å². The summed E-state index contributed by atoms with van der Waals surface area (Å²) in [6.07, 6.45) is 4.42. The van der Waals surface area contributed by atoms with Crippen LogP contribution >= 0.6 is 0 Å². The first kappa shape index (κ1) is 17.6. The average molecular weight is 352 g/mol. The van der Waals surface area contributed by atoms with Crippen molar-refractivity contribution in [1.82, 2.24) is 24.5 Å². The second-order valence-electron chi connectivity index (χ2n) is 5.65. The maximum Gasteiger partial charge on any atom is 0.171 e. The van der Waals surface area contributed by atoms with Gasteiger partial charge in [-0.15, -0.1) is 0 Å². The summed E-state index contributed by atoms with van der Waals surface area (Å²) in [5, 5.41) is 27.2. The Bertz CT molecular complexity index is 924. The van der Waals surface area contributed by atoms with Gasteiger partial charge in [0.1, 0.15) is 24.1 Å². The van der Waals surface area contributed by atoms with Crippen molar-refractivity contribution < 1.29 is 9.84 Å². The molecule has 0 unspecified atom stereocenters. The SMILES string of the molecule is CCc1nn(CCO)c(CC)c1Oc1cc(C#N)cc(-n2cncn2)c1. The molecule has 26 heavy (non-hydrogen) atoms. The van der Waals surface area contributed by atoms with Crippen molar-refractivity contribution in [2.24, 2.45) is 0 Å². The van der Waals surface area contributed by atoms with Gasteiger partial charge >= 0.3 is 0 Å². The molecule has 2 heterocycles. The highest BCUT2D eigenvalue weighted by atomic mass is 16.5. The summed E-state index contributed by atoms with van der Waals surface area (Å²) < 4.78 is 9.51. The third-order valence-corrected chi connectivity index (χ3v) is 3.98. The van der Waals surface area contributed by atoms with Gasteiger partial charge in [-0.25, -0.2) is 9.67 Å². The molecule has 0 amide bonds. The van der Waals surface area contributed by atoms with Gasteiger partial charge in [-0.1, -0.05) is 13.8 Å². The molecule has 1 aromatic carbocycles. The Hall–Kier alpha value is -3.18. The van der Waals surface area contributed by atoms with E-state index >= 15 is 0 Å². The molecule has 0 spiro atoms. The number of aryl methyl sites for hydroxylation is 1. The van der Waals surface area contributed by atoms with Crippen LogP contribution in [0.2, 0.25) is 0 Å². The van der Waals surface area contributed by atoms with Crippen molar-refractivity contribution in [3.05, 3.63) is 47.8 Å². The highest BCUT2D eigenvalue weighted by Gasteiger charge is 2.18. The number of aliphatic hydroxyl groups is 1. The lowest BCUT2D eigenvalue weighted by Crippen LogP contribution is -2.08. The first-order chi connectivity index (χ1) is 12.7. The first-order valence-corrected chi connectivity index (χ1v) is 8.47. The zero-order valence-electron chi connectivity index (χ0n) is 14.8. The second-order valence-corrected chi connectivity index (χ2v) is 5.65. The van der Waals surface area contributed by atoms with Gasteiger partial charge in [0.25, 0.3) is 0 Å². The number of hydrogen-bond acceptors (Lipinski definition) is 6. The van der Waals surface area contributed by atoms with Gasteiger partial charge in [0.15, 0.2) is 5.75 Å². The van der Waals surface area contributed by atoms with Crippen molar-refractivity contribution in [2.75, 3.05) is 6.61 Å². The van der Waals surface area contributed by atoms with Crippen LogP contribution in [-0.4, -0.2) is 36.3 Å². The summed E-state index contributed by atoms with van der Waals surface area (Å²) in [5.74, 6) is 1.21. The Morgan fingerprint density at radius 2 is 2.08 bits per heavy atom. The number of aromatic nitrogens is 5. The minimum absolute atomic E-state index is 0.0115. The molecule has 0 bridgehead atoms. The van der Waals surface area contributed by atoms with E-state index in [1.54, 1.807) is 33.9 Å². The number of ether oxygens (including phenoxy) is 1. The van der Waals surface area contributed by atoms with Crippen LogP contribution in [0.25, 0.3) is 5.69 Å². The van der Waals surface area contributed by atoms with Crippen LogP contribution in [0.15, 0.2) is 30.9 Å². The maximum atomic E-state index is 9.33. The minimum atomic E-state index is 0.0115. The molecule has 0 aliphatic heterocycles. The lowest BCUT2D eigenvalue weighted by atomic mass is 10.2. The summed E-state index contributed by atoms with van der Waals surface area (Å²) in [6, 6.07) is 7.35. The molecule has 3 aromatic rings. The lowest BCUT2D eigenvalue weighted by molar-refractivity contribution is 0.267. The molecule has 2 aromatic heterocycles. The standard InChI is InChI=1S/C18H20N6O2/c1-3-16-18(17(4-2)23(22-16)5-6-25)26-15-8-13(10-19)7-14(9-15)24-12-20-11-21-24/h7-9,11-12,25H,3-6H2,1-2H3. The summed E-state index contributed by atoms with van der Waals surface area (Å²) in [6.45, 7) is 4.45. The molecule has 1 N–H and O–H groups in total. The van der Waals surface area contributed by atoms with Gasteiger partial charge in [0, 0.05) is 6.07 Å². The van der Waals surface area contributed by atoms with Gasteiger partial charge < -0.3 is 9.84 Å². The van der Waals surface area contributed by atoms with E-state index in [1.807, 2.05) is 13.8 Å². The largest absolute Gasteiger partial charge is 0.453 e. The van der Waals surface area contributed by atoms with Crippen LogP contribution in [0.4, 0.5) is 0 Å². The first-order valence-electron chi connectivity index (χ1n) is 8.47. The van der Waals surface area contributed by atoms with E-state index in [4.69, 9.17) is 4.74 Å². The zero-order valence-corrected chi connectivity index (χ0v) is 14.8. The summed E-state index contributed by atoms with van der Waals surface area (Å²) in [7, 11) is 0. The lowest BCUT2D eigenvalue weighted by Gasteiger charge is -2.11. The van der Waals surface area contributed by atoms with Crippen LogP contribution in [-0.2, 0) is 19.4 Å². The fraction of sp³-hybridized carbons (Fsp3) is 0.333. The molecule has 3 rings (SSSR count). The Morgan fingerprint density at radius 3 is 2.69 bits per heavy atom. The zero-order chi connectivity index (χ0) is 18.5. The van der Waals surface area contributed by atoms with E-state index in [-0.39, 0.29) is 6.61 Å². The smallest absolute Gasteiger partial charge is 0.171 e. The molecule has 0 aliphatic rings. The Labute approximate surface area is 151 Å². The van der Waals surface area contributed by atoms with Crippen molar-refractivity contribution in [2.45, 2.75) is 33.2 Å². The van der Waals surface area contributed by atoms with Crippen LogP contribution in [0.3, 0.4) is 0 Å². The van der Waals surface area contributed by atoms with Crippen molar-refractivity contribution >= 4 is 0 Å². The van der Waals surface area contributed by atoms with Gasteiger partial charge in [-0.3, -0.25) is 4.68 Å². The molecule has 8 nitrogen and oxygen atoms in total. The van der Waals surface area contributed by atoms with E-state index < -0.39 is 0 Å². The Kier molecular flexibility index (Phi) is 5.29. The molecule has 134 valence electrons. The summed E-state index contributed by atoms with van der Waals surface area (Å²) >= 11 is 0. The van der Waals surface area contributed by atoms with Crippen molar-refractivity contribution in [3.63, 3.8) is 0 Å². The molecule has 0 atom stereocenters. The van der Waals surface area contributed by atoms with Crippen LogP contribution in [0.5, 0.6) is 11.5 Å². The van der Waals surface area contributed by atoms with Gasteiger partial charge in [0.2, 0.25) is 0 Å². The molecule has 0 saturated heterocycles. The average Bonchev–Trinajstić information content (AvgIpc) is 3.30. The monoisotopic (exact) mass is 352 g/mol. The number of nitriles is 1. The molecule has 0 saturated carbocycles. The van der Waals surface area contributed by atoms with Crippen molar-refractivity contribution in [3.8, 4) is 23.3 Å². The Morgan fingerprint density at radius 1 is 1.23 bits per heavy atom. The van der Waals surface area contributed by atoms with E-state index in [9.17, 15) is 10.4 Å². The second kappa shape index (κ2) is 7.80. The Balaban J connectivity index is 2.04. The molecule has 0 fully saturated rings. The van der Waals surface area contributed by atoms with E-state index in [2.05, 4.69) is 21.3 Å².